The molecule has 1 heterocycles. The highest BCUT2D eigenvalue weighted by Gasteiger charge is 2.23. The van der Waals surface area contributed by atoms with E-state index in [4.69, 9.17) is 11.6 Å². The molecule has 4 nitrogen and oxygen atoms in total. The molecule has 0 amide bonds. The molecule has 0 saturated heterocycles. The third-order valence-corrected chi connectivity index (χ3v) is 4.75. The molecule has 0 aromatic carbocycles. The minimum Gasteiger partial charge on any atom is -0.354 e. The van der Waals surface area contributed by atoms with Crippen LogP contribution in [0, 0.1) is 11.8 Å². The molecule has 22 heavy (non-hydrogen) atoms. The van der Waals surface area contributed by atoms with E-state index in [0.29, 0.717) is 17.7 Å². The molecule has 1 aromatic heterocycles. The maximum Gasteiger partial charge on any atom is 0.191 e. The Labute approximate surface area is 138 Å². The molecule has 0 spiro atoms. The minimum absolute atomic E-state index is 0.521. The number of halogens is 1. The zero-order valence-electron chi connectivity index (χ0n) is 13.8. The van der Waals surface area contributed by atoms with Crippen LogP contribution in [0.4, 0.5) is 0 Å². The Balaban J connectivity index is 1.77. The second kappa shape index (κ2) is 8.37. The largest absolute Gasteiger partial charge is 0.354 e. The van der Waals surface area contributed by atoms with Crippen LogP contribution < -0.4 is 10.6 Å². The van der Waals surface area contributed by atoms with Crippen LogP contribution >= 0.6 is 11.6 Å². The summed E-state index contributed by atoms with van der Waals surface area (Å²) in [5, 5.41) is 7.40. The van der Waals surface area contributed by atoms with Crippen LogP contribution in [0.25, 0.3) is 0 Å². The van der Waals surface area contributed by atoms with Gasteiger partial charge in [-0.05, 0) is 49.1 Å². The molecule has 1 aliphatic rings. The van der Waals surface area contributed by atoms with E-state index < -0.39 is 0 Å². The van der Waals surface area contributed by atoms with E-state index >= 15 is 0 Å². The lowest BCUT2D eigenvalue weighted by atomic mass is 9.80. The van der Waals surface area contributed by atoms with Gasteiger partial charge in [-0.1, -0.05) is 31.5 Å². The van der Waals surface area contributed by atoms with Crippen LogP contribution in [0.5, 0.6) is 0 Å². The van der Waals surface area contributed by atoms with Gasteiger partial charge >= 0.3 is 0 Å². The van der Waals surface area contributed by atoms with Crippen molar-refractivity contribution in [1.29, 1.82) is 0 Å². The van der Waals surface area contributed by atoms with Crippen molar-refractivity contribution in [2.45, 2.75) is 52.1 Å². The van der Waals surface area contributed by atoms with Gasteiger partial charge in [0.05, 0.1) is 0 Å². The molecule has 0 bridgehead atoms. The van der Waals surface area contributed by atoms with E-state index in [1.165, 1.54) is 25.7 Å². The van der Waals surface area contributed by atoms with Crippen LogP contribution in [0.15, 0.2) is 23.3 Å². The normalized spacial score (nSPS) is 22.7. The molecule has 2 rings (SSSR count). The Morgan fingerprint density at radius 1 is 1.32 bits per heavy atom. The zero-order valence-corrected chi connectivity index (χ0v) is 14.5. The van der Waals surface area contributed by atoms with E-state index in [-0.39, 0.29) is 0 Å². The van der Waals surface area contributed by atoms with Crippen molar-refractivity contribution in [3.8, 4) is 0 Å². The van der Waals surface area contributed by atoms with Crippen LogP contribution in [0.3, 0.4) is 0 Å². The summed E-state index contributed by atoms with van der Waals surface area (Å²) in [5.41, 5.74) is 1.09. The smallest absolute Gasteiger partial charge is 0.191 e. The maximum atomic E-state index is 5.80. The van der Waals surface area contributed by atoms with Crippen LogP contribution in [0.2, 0.25) is 5.15 Å². The number of nitrogens with zero attached hydrogens (tertiary/aromatic N) is 2. The van der Waals surface area contributed by atoms with Crippen molar-refractivity contribution in [2.75, 3.05) is 7.05 Å². The first-order valence-electron chi connectivity index (χ1n) is 8.16. The Morgan fingerprint density at radius 3 is 2.59 bits per heavy atom. The summed E-state index contributed by atoms with van der Waals surface area (Å²) in [7, 11) is 1.81. The number of nitrogens with one attached hydrogen (secondary N) is 2. The molecule has 2 N–H and O–H groups in total. The number of aliphatic imine (C=N–C) groups is 1. The van der Waals surface area contributed by atoms with Crippen molar-refractivity contribution >= 4 is 17.6 Å². The first-order chi connectivity index (χ1) is 10.6. The third kappa shape index (κ3) is 5.16. The van der Waals surface area contributed by atoms with Crippen molar-refractivity contribution in [2.24, 2.45) is 16.8 Å². The van der Waals surface area contributed by atoms with Crippen LogP contribution in [0.1, 0.15) is 45.1 Å². The quantitative estimate of drug-likeness (QED) is 0.506. The first kappa shape index (κ1) is 17.1. The highest BCUT2D eigenvalue weighted by molar-refractivity contribution is 6.29. The Bertz CT molecular complexity index is 476. The highest BCUT2D eigenvalue weighted by Crippen LogP contribution is 2.29. The zero-order chi connectivity index (χ0) is 15.9. The Kier molecular flexibility index (Phi) is 6.49. The van der Waals surface area contributed by atoms with Crippen LogP contribution in [-0.4, -0.2) is 24.0 Å². The summed E-state index contributed by atoms with van der Waals surface area (Å²) in [4.78, 5) is 8.41. The van der Waals surface area contributed by atoms with Gasteiger partial charge < -0.3 is 10.6 Å². The monoisotopic (exact) mass is 322 g/mol. The molecule has 1 saturated carbocycles. The maximum absolute atomic E-state index is 5.80. The fraction of sp³-hybridized carbons (Fsp3) is 0.647. The van der Waals surface area contributed by atoms with Crippen LogP contribution in [-0.2, 0) is 6.54 Å². The predicted octanol–water partition coefficient (Wildman–Crippen LogP) is 3.61. The average molecular weight is 323 g/mol. The molecule has 122 valence electrons. The summed E-state index contributed by atoms with van der Waals surface area (Å²) in [6.07, 6.45) is 6.87. The van der Waals surface area contributed by atoms with Gasteiger partial charge in [0.25, 0.3) is 0 Å². The molecular formula is C17H27ClN4. The summed E-state index contributed by atoms with van der Waals surface area (Å²) < 4.78 is 0. The summed E-state index contributed by atoms with van der Waals surface area (Å²) in [6, 6.07) is 4.32. The number of guanidine groups is 1. The molecule has 1 fully saturated rings. The van der Waals surface area contributed by atoms with Gasteiger partial charge in [0.2, 0.25) is 0 Å². The lowest BCUT2D eigenvalue weighted by Crippen LogP contribution is -2.44. The molecule has 0 radical (unpaired) electrons. The van der Waals surface area contributed by atoms with Gasteiger partial charge in [-0.25, -0.2) is 4.98 Å². The molecule has 0 aliphatic heterocycles. The third-order valence-electron chi connectivity index (χ3n) is 4.53. The SMILES string of the molecule is CN=C(NCc1ccc(Cl)nc1)NC1CCC(C(C)C)CC1. The number of hydrogen-bond donors (Lipinski definition) is 2. The first-order valence-corrected chi connectivity index (χ1v) is 8.54. The van der Waals surface area contributed by atoms with E-state index in [1.54, 1.807) is 6.20 Å². The highest BCUT2D eigenvalue weighted by atomic mass is 35.5. The van der Waals surface area contributed by atoms with Crippen molar-refractivity contribution in [3.05, 3.63) is 29.0 Å². The average Bonchev–Trinajstić information content (AvgIpc) is 2.53. The minimum atomic E-state index is 0.521. The molecule has 1 aromatic rings. The van der Waals surface area contributed by atoms with Crippen molar-refractivity contribution in [3.63, 3.8) is 0 Å². The second-order valence-electron chi connectivity index (χ2n) is 6.41. The fourth-order valence-electron chi connectivity index (χ4n) is 3.01. The summed E-state index contributed by atoms with van der Waals surface area (Å²) in [5.74, 6) is 2.55. The molecule has 5 heteroatoms. The van der Waals surface area contributed by atoms with Crippen molar-refractivity contribution in [1.82, 2.24) is 15.6 Å². The number of rotatable bonds is 4. The van der Waals surface area contributed by atoms with Gasteiger partial charge in [0, 0.05) is 25.8 Å². The lowest BCUT2D eigenvalue weighted by molar-refractivity contribution is 0.250. The topological polar surface area (TPSA) is 49.3 Å². The van der Waals surface area contributed by atoms with E-state index in [0.717, 1.165) is 23.4 Å². The van der Waals surface area contributed by atoms with Gasteiger partial charge in [-0.2, -0.15) is 0 Å². The van der Waals surface area contributed by atoms with E-state index in [1.807, 2.05) is 19.2 Å². The molecule has 0 unspecified atom stereocenters. The Hall–Kier alpha value is -1.29. The number of aromatic nitrogens is 1. The molecular weight excluding hydrogens is 296 g/mol. The number of hydrogen-bond acceptors (Lipinski definition) is 2. The lowest BCUT2D eigenvalue weighted by Gasteiger charge is -2.32. The van der Waals surface area contributed by atoms with E-state index in [2.05, 4.69) is 34.5 Å². The standard InChI is InChI=1S/C17H27ClN4/c1-12(2)14-5-7-15(8-6-14)22-17(19-3)21-11-13-4-9-16(18)20-10-13/h4,9-10,12,14-15H,5-8,11H2,1-3H3,(H2,19,21,22). The second-order valence-corrected chi connectivity index (χ2v) is 6.80. The Morgan fingerprint density at radius 2 is 2.05 bits per heavy atom. The number of pyridine rings is 1. The summed E-state index contributed by atoms with van der Waals surface area (Å²) >= 11 is 5.80. The van der Waals surface area contributed by atoms with Gasteiger partial charge in [-0.3, -0.25) is 4.99 Å². The van der Waals surface area contributed by atoms with Gasteiger partial charge in [0.15, 0.2) is 5.96 Å². The fourth-order valence-corrected chi connectivity index (χ4v) is 3.13. The molecule has 0 atom stereocenters. The summed E-state index contributed by atoms with van der Waals surface area (Å²) in [6.45, 7) is 5.36. The predicted molar refractivity (Wildman–Crippen MR) is 93.2 cm³/mol. The van der Waals surface area contributed by atoms with Gasteiger partial charge in [0.1, 0.15) is 5.15 Å². The molecule has 1 aliphatic carbocycles. The van der Waals surface area contributed by atoms with E-state index in [9.17, 15) is 0 Å². The van der Waals surface area contributed by atoms with Gasteiger partial charge in [-0.15, -0.1) is 0 Å². The van der Waals surface area contributed by atoms with Crippen molar-refractivity contribution < 1.29 is 0 Å².